The van der Waals surface area contributed by atoms with Gasteiger partial charge >= 0.3 is 6.18 Å². The molecule has 0 spiro atoms. The van der Waals surface area contributed by atoms with E-state index in [2.05, 4.69) is 0 Å². The first-order valence-electron chi connectivity index (χ1n) is 9.21. The van der Waals surface area contributed by atoms with Gasteiger partial charge in [-0.15, -0.1) is 0 Å². The Labute approximate surface area is 171 Å². The van der Waals surface area contributed by atoms with E-state index in [9.17, 15) is 18.3 Å². The van der Waals surface area contributed by atoms with E-state index in [1.54, 1.807) is 15.9 Å². The number of aliphatic hydroxyl groups excluding tert-OH is 3. The van der Waals surface area contributed by atoms with Gasteiger partial charge in [0.15, 0.2) is 0 Å². The molecule has 2 aromatic rings. The van der Waals surface area contributed by atoms with E-state index in [1.165, 1.54) is 17.8 Å². The quantitative estimate of drug-likeness (QED) is 0.601. The number of hydrogen-bond donors (Lipinski definition) is 3. The van der Waals surface area contributed by atoms with Crippen LogP contribution in [-0.4, -0.2) is 65.7 Å². The summed E-state index contributed by atoms with van der Waals surface area (Å²) in [4.78, 5) is 5.00. The molecule has 0 aliphatic carbocycles. The molecular weight excluding hydrogens is 405 g/mol. The molecule has 0 saturated carbocycles. The SMILES string of the molecule is OCCN(CCO)CC(O)CN1c2ccccc2Sc2ccc(C(F)(F)F)cc21. The highest BCUT2D eigenvalue weighted by Crippen LogP contribution is 2.49. The molecule has 5 nitrogen and oxygen atoms in total. The van der Waals surface area contributed by atoms with E-state index < -0.39 is 17.8 Å². The zero-order valence-electron chi connectivity index (χ0n) is 15.6. The molecule has 0 amide bonds. The fraction of sp³-hybridized carbons (Fsp3) is 0.400. The van der Waals surface area contributed by atoms with Crippen LogP contribution in [0.25, 0.3) is 0 Å². The Hall–Kier alpha value is -1.78. The third kappa shape index (κ3) is 5.23. The summed E-state index contributed by atoms with van der Waals surface area (Å²) >= 11 is 1.40. The van der Waals surface area contributed by atoms with Gasteiger partial charge in [0.05, 0.1) is 42.8 Å². The lowest BCUT2D eigenvalue weighted by Crippen LogP contribution is -2.41. The van der Waals surface area contributed by atoms with Crippen LogP contribution >= 0.6 is 11.8 Å². The highest BCUT2D eigenvalue weighted by Gasteiger charge is 2.33. The maximum Gasteiger partial charge on any atom is 0.416 e. The number of nitrogens with zero attached hydrogens (tertiary/aromatic N) is 2. The van der Waals surface area contributed by atoms with Gasteiger partial charge in [-0.25, -0.2) is 0 Å². The zero-order chi connectivity index (χ0) is 21.0. The summed E-state index contributed by atoms with van der Waals surface area (Å²) in [5.74, 6) is 0. The monoisotopic (exact) mass is 428 g/mol. The highest BCUT2D eigenvalue weighted by atomic mass is 32.2. The fourth-order valence-corrected chi connectivity index (χ4v) is 4.42. The number of hydrogen-bond acceptors (Lipinski definition) is 6. The number of halogens is 3. The molecule has 3 N–H and O–H groups in total. The lowest BCUT2D eigenvalue weighted by Gasteiger charge is -2.35. The maximum absolute atomic E-state index is 13.3. The van der Waals surface area contributed by atoms with Crippen molar-refractivity contribution in [1.82, 2.24) is 4.90 Å². The molecule has 0 fully saturated rings. The van der Waals surface area contributed by atoms with Crippen molar-refractivity contribution in [1.29, 1.82) is 0 Å². The van der Waals surface area contributed by atoms with E-state index in [4.69, 9.17) is 10.2 Å². The Morgan fingerprint density at radius 3 is 2.28 bits per heavy atom. The molecule has 0 radical (unpaired) electrons. The summed E-state index contributed by atoms with van der Waals surface area (Å²) < 4.78 is 39.8. The average Bonchev–Trinajstić information content (AvgIpc) is 2.67. The van der Waals surface area contributed by atoms with Gasteiger partial charge in [-0.05, 0) is 30.3 Å². The van der Waals surface area contributed by atoms with E-state index in [0.717, 1.165) is 22.7 Å². The Balaban J connectivity index is 1.90. The predicted octanol–water partition coefficient (Wildman–Crippen LogP) is 2.96. The van der Waals surface area contributed by atoms with Crippen molar-refractivity contribution in [3.05, 3.63) is 48.0 Å². The smallest absolute Gasteiger partial charge is 0.395 e. The van der Waals surface area contributed by atoms with Crippen molar-refractivity contribution in [2.75, 3.05) is 44.3 Å². The van der Waals surface area contributed by atoms with E-state index >= 15 is 0 Å². The Morgan fingerprint density at radius 1 is 0.966 bits per heavy atom. The van der Waals surface area contributed by atoms with Crippen molar-refractivity contribution in [3.63, 3.8) is 0 Å². The second kappa shape index (κ2) is 9.36. The van der Waals surface area contributed by atoms with Crippen molar-refractivity contribution in [2.45, 2.75) is 22.1 Å². The normalized spacial score (nSPS) is 14.7. The first-order valence-corrected chi connectivity index (χ1v) is 10.0. The molecule has 1 atom stereocenters. The van der Waals surface area contributed by atoms with E-state index in [0.29, 0.717) is 23.7 Å². The second-order valence-electron chi connectivity index (χ2n) is 6.76. The Bertz CT molecular complexity index is 829. The molecule has 1 aliphatic heterocycles. The van der Waals surface area contributed by atoms with Crippen LogP contribution in [0, 0.1) is 0 Å². The molecule has 0 bridgehead atoms. The maximum atomic E-state index is 13.3. The molecule has 0 aromatic heterocycles. The standard InChI is InChI=1S/C20H23F3N2O3S/c21-20(22,23)14-5-6-19-17(11-14)25(16-3-1-2-4-18(16)29-19)13-15(28)12-24(7-9-26)8-10-27/h1-6,11,15,26-28H,7-10,12-13H2. The number of β-amino-alcohol motifs (C(OH)–C–C–N with tert-alkyl or cyclic N) is 1. The van der Waals surface area contributed by atoms with Crippen LogP contribution in [0.15, 0.2) is 52.3 Å². The summed E-state index contributed by atoms with van der Waals surface area (Å²) in [5, 5.41) is 28.9. The van der Waals surface area contributed by atoms with Crippen LogP contribution in [-0.2, 0) is 6.18 Å². The first-order chi connectivity index (χ1) is 13.8. The zero-order valence-corrected chi connectivity index (χ0v) is 16.5. The number of rotatable bonds is 8. The van der Waals surface area contributed by atoms with Gasteiger partial charge in [0.2, 0.25) is 0 Å². The van der Waals surface area contributed by atoms with Gasteiger partial charge in [0, 0.05) is 29.4 Å². The third-order valence-corrected chi connectivity index (χ3v) is 5.78. The number of anilines is 2. The second-order valence-corrected chi connectivity index (χ2v) is 7.85. The predicted molar refractivity (Wildman–Crippen MR) is 106 cm³/mol. The molecule has 0 saturated heterocycles. The molecule has 1 aliphatic rings. The largest absolute Gasteiger partial charge is 0.416 e. The molecule has 1 heterocycles. The van der Waals surface area contributed by atoms with Crippen LogP contribution in [0.4, 0.5) is 24.5 Å². The molecule has 2 aromatic carbocycles. The summed E-state index contributed by atoms with van der Waals surface area (Å²) in [5.41, 5.74) is 0.399. The molecular formula is C20H23F3N2O3S. The summed E-state index contributed by atoms with van der Waals surface area (Å²) in [6.07, 6.45) is -5.35. The minimum absolute atomic E-state index is 0.0826. The van der Waals surface area contributed by atoms with Crippen LogP contribution < -0.4 is 4.90 Å². The lowest BCUT2D eigenvalue weighted by atomic mass is 10.1. The minimum atomic E-state index is -4.46. The first kappa shape index (κ1) is 21.9. The number of aliphatic hydroxyl groups is 3. The number of fused-ring (bicyclic) bond motifs is 2. The Kier molecular flexibility index (Phi) is 7.07. The van der Waals surface area contributed by atoms with Gasteiger partial charge in [-0.3, -0.25) is 4.90 Å². The van der Waals surface area contributed by atoms with Gasteiger partial charge in [-0.2, -0.15) is 13.2 Å². The minimum Gasteiger partial charge on any atom is -0.395 e. The van der Waals surface area contributed by atoms with Crippen molar-refractivity contribution in [3.8, 4) is 0 Å². The number of para-hydroxylation sites is 1. The summed E-state index contributed by atoms with van der Waals surface area (Å²) in [7, 11) is 0. The van der Waals surface area contributed by atoms with Crippen LogP contribution in [0.3, 0.4) is 0 Å². The van der Waals surface area contributed by atoms with E-state index in [1.807, 2.05) is 18.2 Å². The van der Waals surface area contributed by atoms with E-state index in [-0.39, 0.29) is 26.3 Å². The fourth-order valence-electron chi connectivity index (χ4n) is 3.35. The molecule has 9 heteroatoms. The molecule has 158 valence electrons. The van der Waals surface area contributed by atoms with Gasteiger partial charge in [-0.1, -0.05) is 23.9 Å². The van der Waals surface area contributed by atoms with Gasteiger partial charge in [0.25, 0.3) is 0 Å². The Morgan fingerprint density at radius 2 is 1.62 bits per heavy atom. The molecule has 29 heavy (non-hydrogen) atoms. The number of benzene rings is 2. The van der Waals surface area contributed by atoms with Crippen molar-refractivity contribution >= 4 is 23.1 Å². The highest BCUT2D eigenvalue weighted by molar-refractivity contribution is 7.99. The number of alkyl halides is 3. The average molecular weight is 428 g/mol. The van der Waals surface area contributed by atoms with Crippen LogP contribution in [0.2, 0.25) is 0 Å². The van der Waals surface area contributed by atoms with Crippen LogP contribution in [0.5, 0.6) is 0 Å². The van der Waals surface area contributed by atoms with Crippen molar-refractivity contribution < 1.29 is 28.5 Å². The van der Waals surface area contributed by atoms with Gasteiger partial charge in [0.1, 0.15) is 0 Å². The van der Waals surface area contributed by atoms with Crippen molar-refractivity contribution in [2.24, 2.45) is 0 Å². The molecule has 3 rings (SSSR count). The third-order valence-electron chi connectivity index (χ3n) is 4.65. The summed E-state index contributed by atoms with van der Waals surface area (Å²) in [6, 6.07) is 11.0. The topological polar surface area (TPSA) is 67.2 Å². The molecule has 1 unspecified atom stereocenters. The summed E-state index contributed by atoms with van der Waals surface area (Å²) in [6.45, 7) is 0.611. The lowest BCUT2D eigenvalue weighted by molar-refractivity contribution is -0.137. The van der Waals surface area contributed by atoms with Crippen LogP contribution in [0.1, 0.15) is 5.56 Å². The van der Waals surface area contributed by atoms with Gasteiger partial charge < -0.3 is 20.2 Å².